The van der Waals surface area contributed by atoms with Crippen LogP contribution >= 0.6 is 0 Å². The first-order valence-corrected chi connectivity index (χ1v) is 4.67. The van der Waals surface area contributed by atoms with Crippen molar-refractivity contribution in [1.29, 1.82) is 0 Å². The SMILES string of the molecule is CCC1=CC(O)OC2=C1C(O)NC(=O)N2. The summed E-state index contributed by atoms with van der Waals surface area (Å²) >= 11 is 0. The van der Waals surface area contributed by atoms with Crippen LogP contribution in [0.1, 0.15) is 13.3 Å². The Kier molecular flexibility index (Phi) is 2.37. The van der Waals surface area contributed by atoms with E-state index in [1.54, 1.807) is 0 Å². The molecule has 2 aliphatic rings. The summed E-state index contributed by atoms with van der Waals surface area (Å²) in [5.41, 5.74) is 1.23. The lowest BCUT2D eigenvalue weighted by atomic mass is 9.99. The summed E-state index contributed by atoms with van der Waals surface area (Å²) in [7, 11) is 0. The van der Waals surface area contributed by atoms with E-state index in [4.69, 9.17) is 4.74 Å². The van der Waals surface area contributed by atoms with Gasteiger partial charge in [-0.15, -0.1) is 0 Å². The van der Waals surface area contributed by atoms with Gasteiger partial charge in [0.05, 0.1) is 5.57 Å². The molecule has 0 saturated carbocycles. The maximum absolute atomic E-state index is 11.0. The third kappa shape index (κ3) is 1.69. The number of aliphatic hydroxyl groups excluding tert-OH is 2. The van der Waals surface area contributed by atoms with Gasteiger partial charge in [0.15, 0.2) is 6.23 Å². The zero-order valence-electron chi connectivity index (χ0n) is 8.15. The lowest BCUT2D eigenvalue weighted by Crippen LogP contribution is -2.50. The van der Waals surface area contributed by atoms with Crippen LogP contribution in [0.2, 0.25) is 0 Å². The number of hydrogen-bond acceptors (Lipinski definition) is 4. The molecule has 2 heterocycles. The average Bonchev–Trinajstić information content (AvgIpc) is 2.14. The molecule has 0 radical (unpaired) electrons. The van der Waals surface area contributed by atoms with E-state index in [9.17, 15) is 15.0 Å². The van der Waals surface area contributed by atoms with E-state index in [2.05, 4.69) is 10.6 Å². The minimum Gasteiger partial charge on any atom is -0.446 e. The summed E-state index contributed by atoms with van der Waals surface area (Å²) in [6, 6.07) is -0.550. The van der Waals surface area contributed by atoms with Crippen molar-refractivity contribution in [3.63, 3.8) is 0 Å². The van der Waals surface area contributed by atoms with E-state index >= 15 is 0 Å². The largest absolute Gasteiger partial charge is 0.446 e. The van der Waals surface area contributed by atoms with Crippen LogP contribution in [0.5, 0.6) is 0 Å². The maximum atomic E-state index is 11.0. The molecule has 0 bridgehead atoms. The monoisotopic (exact) mass is 212 g/mol. The van der Waals surface area contributed by atoms with Gasteiger partial charge < -0.3 is 20.3 Å². The number of carbonyl (C=O) groups excluding carboxylic acids is 1. The molecule has 0 aromatic heterocycles. The van der Waals surface area contributed by atoms with Gasteiger partial charge in [-0.05, 0) is 18.1 Å². The van der Waals surface area contributed by atoms with Crippen molar-refractivity contribution in [3.8, 4) is 0 Å². The van der Waals surface area contributed by atoms with Crippen LogP contribution in [0, 0.1) is 0 Å². The Balaban J connectivity index is 2.39. The molecule has 0 spiro atoms. The molecular formula is C9H12N2O4. The highest BCUT2D eigenvalue weighted by atomic mass is 16.6. The smallest absolute Gasteiger partial charge is 0.323 e. The van der Waals surface area contributed by atoms with Gasteiger partial charge in [0.2, 0.25) is 12.2 Å². The molecule has 2 amide bonds. The number of nitrogens with one attached hydrogen (secondary N) is 2. The summed E-state index contributed by atoms with van der Waals surface area (Å²) < 4.78 is 4.99. The zero-order valence-corrected chi connectivity index (χ0v) is 8.15. The zero-order chi connectivity index (χ0) is 11.0. The highest BCUT2D eigenvalue weighted by Gasteiger charge is 2.32. The van der Waals surface area contributed by atoms with E-state index in [0.717, 1.165) is 5.57 Å². The molecule has 0 aromatic rings. The van der Waals surface area contributed by atoms with Crippen molar-refractivity contribution in [2.75, 3.05) is 0 Å². The van der Waals surface area contributed by atoms with Crippen molar-refractivity contribution in [2.45, 2.75) is 25.9 Å². The lowest BCUT2D eigenvalue weighted by molar-refractivity contribution is -0.0416. The van der Waals surface area contributed by atoms with Crippen LogP contribution in [0.15, 0.2) is 23.1 Å². The third-order valence-electron chi connectivity index (χ3n) is 2.32. The molecule has 2 rings (SSSR count). The van der Waals surface area contributed by atoms with E-state index in [1.165, 1.54) is 6.08 Å². The molecular weight excluding hydrogens is 200 g/mol. The minimum absolute atomic E-state index is 0.123. The molecule has 82 valence electrons. The summed E-state index contributed by atoms with van der Waals surface area (Å²) in [5, 5.41) is 23.7. The summed E-state index contributed by atoms with van der Waals surface area (Å²) in [6.45, 7) is 1.89. The van der Waals surface area contributed by atoms with Crippen LogP contribution in [-0.4, -0.2) is 28.8 Å². The molecule has 0 aromatic carbocycles. The van der Waals surface area contributed by atoms with Crippen molar-refractivity contribution in [1.82, 2.24) is 10.6 Å². The number of amides is 2. The van der Waals surface area contributed by atoms with E-state index < -0.39 is 18.5 Å². The number of rotatable bonds is 1. The van der Waals surface area contributed by atoms with Crippen LogP contribution in [0.3, 0.4) is 0 Å². The molecule has 6 heteroatoms. The normalized spacial score (nSPS) is 29.8. The van der Waals surface area contributed by atoms with E-state index in [0.29, 0.717) is 12.0 Å². The van der Waals surface area contributed by atoms with Gasteiger partial charge in [-0.3, -0.25) is 5.32 Å². The number of aliphatic hydroxyl groups is 2. The summed E-state index contributed by atoms with van der Waals surface area (Å²) in [5.74, 6) is 0.123. The predicted octanol–water partition coefficient (Wildman–Crippen LogP) is -0.486. The first-order valence-electron chi connectivity index (χ1n) is 4.67. The van der Waals surface area contributed by atoms with Crippen LogP contribution in [0.25, 0.3) is 0 Å². The lowest BCUT2D eigenvalue weighted by Gasteiger charge is -2.31. The molecule has 2 aliphatic heterocycles. The highest BCUT2D eigenvalue weighted by molar-refractivity contribution is 5.78. The maximum Gasteiger partial charge on any atom is 0.323 e. The van der Waals surface area contributed by atoms with Gasteiger partial charge in [-0.1, -0.05) is 6.92 Å². The Bertz CT molecular complexity index is 361. The van der Waals surface area contributed by atoms with E-state index in [-0.39, 0.29) is 5.88 Å². The third-order valence-corrected chi connectivity index (χ3v) is 2.32. The van der Waals surface area contributed by atoms with Crippen molar-refractivity contribution >= 4 is 6.03 Å². The highest BCUT2D eigenvalue weighted by Crippen LogP contribution is 2.27. The standard InChI is InChI=1S/C9H12N2O4/c1-2-4-3-5(12)15-8-6(4)7(13)10-9(14)11-8/h3,5,7,12-13H,2H2,1H3,(H2,10,11,14). The van der Waals surface area contributed by atoms with Gasteiger partial charge >= 0.3 is 6.03 Å². The molecule has 2 atom stereocenters. The summed E-state index contributed by atoms with van der Waals surface area (Å²) in [6.07, 6.45) is -0.0357. The fourth-order valence-electron chi connectivity index (χ4n) is 1.67. The minimum atomic E-state index is -1.09. The first kappa shape index (κ1) is 10.0. The van der Waals surface area contributed by atoms with Crippen LogP contribution in [-0.2, 0) is 4.74 Å². The second-order valence-corrected chi connectivity index (χ2v) is 3.30. The van der Waals surface area contributed by atoms with Gasteiger partial charge in [0, 0.05) is 0 Å². The Hall–Kier alpha value is -1.53. The van der Waals surface area contributed by atoms with E-state index in [1.807, 2.05) is 6.92 Å². The topological polar surface area (TPSA) is 90.8 Å². The molecule has 0 aliphatic carbocycles. The number of carbonyl (C=O) groups is 1. The van der Waals surface area contributed by atoms with Crippen molar-refractivity contribution in [3.05, 3.63) is 23.1 Å². The Morgan fingerprint density at radius 2 is 2.27 bits per heavy atom. The number of urea groups is 1. The average molecular weight is 212 g/mol. The molecule has 0 saturated heterocycles. The second kappa shape index (κ2) is 3.56. The van der Waals surface area contributed by atoms with Crippen molar-refractivity contribution in [2.24, 2.45) is 0 Å². The fourth-order valence-corrected chi connectivity index (χ4v) is 1.67. The Labute approximate surface area is 86.2 Å². The fraction of sp³-hybridized carbons (Fsp3) is 0.444. The first-order chi connectivity index (χ1) is 7.11. The Morgan fingerprint density at radius 1 is 1.53 bits per heavy atom. The van der Waals surface area contributed by atoms with Crippen LogP contribution in [0.4, 0.5) is 4.79 Å². The molecule has 4 N–H and O–H groups in total. The van der Waals surface area contributed by atoms with Crippen LogP contribution < -0.4 is 10.6 Å². The number of ether oxygens (including phenoxy) is 1. The summed E-state index contributed by atoms with van der Waals surface area (Å²) in [4.78, 5) is 11.0. The van der Waals surface area contributed by atoms with Gasteiger partial charge in [-0.2, -0.15) is 0 Å². The van der Waals surface area contributed by atoms with Gasteiger partial charge in [0.1, 0.15) is 0 Å². The molecule has 6 nitrogen and oxygen atoms in total. The van der Waals surface area contributed by atoms with Gasteiger partial charge in [0.25, 0.3) is 0 Å². The molecule has 15 heavy (non-hydrogen) atoms. The Morgan fingerprint density at radius 3 is 2.93 bits per heavy atom. The van der Waals surface area contributed by atoms with Crippen molar-refractivity contribution < 1.29 is 19.7 Å². The molecule has 0 fully saturated rings. The molecule has 2 unspecified atom stereocenters. The second-order valence-electron chi connectivity index (χ2n) is 3.30. The quantitative estimate of drug-likeness (QED) is 0.472. The predicted molar refractivity (Wildman–Crippen MR) is 50.2 cm³/mol. The number of hydrogen-bond donors (Lipinski definition) is 4. The van der Waals surface area contributed by atoms with Gasteiger partial charge in [-0.25, -0.2) is 4.79 Å².